The molecule has 3 aromatic carbocycles. The van der Waals surface area contributed by atoms with Gasteiger partial charge in [0.15, 0.2) is 0 Å². The van der Waals surface area contributed by atoms with Crippen LogP contribution in [0.1, 0.15) is 34.8 Å². The van der Waals surface area contributed by atoms with Crippen LogP contribution in [0.25, 0.3) is 22.2 Å². The molecule has 2 aliphatic heterocycles. The summed E-state index contributed by atoms with van der Waals surface area (Å²) in [4.78, 5) is 18.3. The molecule has 1 saturated carbocycles. The lowest BCUT2D eigenvalue weighted by Gasteiger charge is -2.43. The fourth-order valence-corrected chi connectivity index (χ4v) is 5.82. The molecule has 0 spiro atoms. The van der Waals surface area contributed by atoms with E-state index in [1.165, 1.54) is 11.8 Å². The van der Waals surface area contributed by atoms with E-state index in [4.69, 9.17) is 4.74 Å². The van der Waals surface area contributed by atoms with Crippen molar-refractivity contribution in [2.75, 3.05) is 44.3 Å². The second-order valence-electron chi connectivity index (χ2n) is 10.9. The Balaban J connectivity index is 1.08. The zero-order valence-corrected chi connectivity index (χ0v) is 21.8. The first-order valence-corrected chi connectivity index (χ1v) is 13.8. The van der Waals surface area contributed by atoms with Crippen molar-refractivity contribution < 1.29 is 13.9 Å². The van der Waals surface area contributed by atoms with Gasteiger partial charge in [0.1, 0.15) is 5.82 Å². The maximum absolute atomic E-state index is 14.5. The highest BCUT2D eigenvalue weighted by atomic mass is 19.1. The molecule has 3 fully saturated rings. The molecule has 4 aromatic rings. The smallest absolute Gasteiger partial charge is 0.251 e. The standard InChI is InChI=1S/C31H32FN5O2/c32-27-4-2-1-3-25(27)29(20-5-6-20)33-31(38)22-9-12-28-26(17-22)30(35-34-28)21-7-10-23(11-8-21)36-13-15-37(16-14-36)24-18-39-19-24/h1-4,7-12,17,20,24,29H,5-6,13-16,18-19H2,(H,33,38)(H,34,35)/t29-/m0/s1. The summed E-state index contributed by atoms with van der Waals surface area (Å²) >= 11 is 0. The zero-order valence-electron chi connectivity index (χ0n) is 21.8. The van der Waals surface area contributed by atoms with Gasteiger partial charge in [0, 0.05) is 53.9 Å². The second-order valence-corrected chi connectivity index (χ2v) is 10.9. The number of rotatable bonds is 7. The summed E-state index contributed by atoms with van der Waals surface area (Å²) in [5.74, 6) is -0.208. The average molecular weight is 526 g/mol. The first kappa shape index (κ1) is 24.3. The fraction of sp³-hybridized carbons (Fsp3) is 0.355. The van der Waals surface area contributed by atoms with Crippen molar-refractivity contribution in [1.29, 1.82) is 0 Å². The third-order valence-electron chi connectivity index (χ3n) is 8.40. The van der Waals surface area contributed by atoms with Gasteiger partial charge in [-0.15, -0.1) is 0 Å². The third-order valence-corrected chi connectivity index (χ3v) is 8.40. The number of aromatic nitrogens is 2. The minimum absolute atomic E-state index is 0.202. The largest absolute Gasteiger partial charge is 0.378 e. The molecule has 39 heavy (non-hydrogen) atoms. The van der Waals surface area contributed by atoms with Crippen LogP contribution in [-0.4, -0.2) is 66.4 Å². The number of carbonyl (C=O) groups is 1. The van der Waals surface area contributed by atoms with Crippen molar-refractivity contribution in [2.24, 2.45) is 5.92 Å². The van der Waals surface area contributed by atoms with Crippen LogP contribution in [0, 0.1) is 11.7 Å². The van der Waals surface area contributed by atoms with Crippen LogP contribution in [0.3, 0.4) is 0 Å². The number of hydrogen-bond acceptors (Lipinski definition) is 5. The first-order valence-electron chi connectivity index (χ1n) is 13.8. The van der Waals surface area contributed by atoms with Crippen LogP contribution in [0.5, 0.6) is 0 Å². The van der Waals surface area contributed by atoms with Crippen molar-refractivity contribution in [3.05, 3.63) is 83.7 Å². The molecule has 8 heteroatoms. The maximum Gasteiger partial charge on any atom is 0.251 e. The van der Waals surface area contributed by atoms with E-state index in [-0.39, 0.29) is 23.7 Å². The van der Waals surface area contributed by atoms with Gasteiger partial charge in [0.2, 0.25) is 0 Å². The van der Waals surface area contributed by atoms with Gasteiger partial charge in [-0.3, -0.25) is 14.8 Å². The van der Waals surface area contributed by atoms with E-state index in [0.29, 0.717) is 17.2 Å². The lowest BCUT2D eigenvalue weighted by atomic mass is 10.0. The average Bonchev–Trinajstić information content (AvgIpc) is 3.70. The van der Waals surface area contributed by atoms with Crippen LogP contribution in [0.15, 0.2) is 66.7 Å². The molecule has 200 valence electrons. The Morgan fingerprint density at radius 3 is 2.46 bits per heavy atom. The third kappa shape index (κ3) is 4.79. The highest BCUT2D eigenvalue weighted by Gasteiger charge is 2.35. The van der Waals surface area contributed by atoms with E-state index >= 15 is 0 Å². The lowest BCUT2D eigenvalue weighted by molar-refractivity contribution is -0.0660. The molecule has 1 aromatic heterocycles. The molecule has 1 atom stereocenters. The van der Waals surface area contributed by atoms with Crippen LogP contribution in [0.2, 0.25) is 0 Å². The number of nitrogens with zero attached hydrogens (tertiary/aromatic N) is 3. The number of aromatic amines is 1. The Labute approximate surface area is 226 Å². The van der Waals surface area contributed by atoms with E-state index in [1.807, 2.05) is 18.2 Å². The Hall–Kier alpha value is -3.75. The van der Waals surface area contributed by atoms with Crippen molar-refractivity contribution >= 4 is 22.5 Å². The first-order chi connectivity index (χ1) is 19.1. The molecular weight excluding hydrogens is 493 g/mol. The predicted octanol–water partition coefficient (Wildman–Crippen LogP) is 4.77. The highest BCUT2D eigenvalue weighted by Crippen LogP contribution is 2.42. The molecule has 0 unspecified atom stereocenters. The summed E-state index contributed by atoms with van der Waals surface area (Å²) in [6, 6.07) is 21.1. The molecule has 2 saturated heterocycles. The SMILES string of the molecule is O=C(N[C@H](c1ccccc1F)C1CC1)c1ccc2[nH]nc(-c3ccc(N4CCN(C5COC5)CC4)cc3)c2c1. The molecule has 1 amide bonds. The minimum atomic E-state index is -0.324. The van der Waals surface area contributed by atoms with E-state index in [2.05, 4.69) is 49.6 Å². The Kier molecular flexibility index (Phi) is 6.29. The molecule has 7 nitrogen and oxygen atoms in total. The minimum Gasteiger partial charge on any atom is -0.378 e. The highest BCUT2D eigenvalue weighted by molar-refractivity contribution is 6.01. The van der Waals surface area contributed by atoms with Crippen molar-refractivity contribution in [1.82, 2.24) is 20.4 Å². The fourth-order valence-electron chi connectivity index (χ4n) is 5.82. The van der Waals surface area contributed by atoms with E-state index in [1.54, 1.807) is 18.2 Å². The van der Waals surface area contributed by atoms with Gasteiger partial charge in [-0.05, 0) is 55.2 Å². The maximum atomic E-state index is 14.5. The number of ether oxygens (including phenoxy) is 1. The van der Waals surface area contributed by atoms with Gasteiger partial charge in [0.05, 0.1) is 36.5 Å². The van der Waals surface area contributed by atoms with Gasteiger partial charge < -0.3 is 15.0 Å². The van der Waals surface area contributed by atoms with E-state index in [9.17, 15) is 9.18 Å². The molecule has 2 N–H and O–H groups in total. The number of halogens is 1. The normalized spacial score (nSPS) is 19.2. The summed E-state index contributed by atoms with van der Waals surface area (Å²) in [7, 11) is 0. The number of benzene rings is 3. The van der Waals surface area contributed by atoms with E-state index in [0.717, 1.165) is 74.4 Å². The zero-order chi connectivity index (χ0) is 26.3. The Morgan fingerprint density at radius 2 is 1.77 bits per heavy atom. The predicted molar refractivity (Wildman–Crippen MR) is 149 cm³/mol. The number of piperazine rings is 1. The van der Waals surface area contributed by atoms with Gasteiger partial charge >= 0.3 is 0 Å². The number of fused-ring (bicyclic) bond motifs is 1. The number of carbonyl (C=O) groups excluding carboxylic acids is 1. The van der Waals surface area contributed by atoms with Crippen molar-refractivity contribution in [3.63, 3.8) is 0 Å². The van der Waals surface area contributed by atoms with Crippen molar-refractivity contribution in [2.45, 2.75) is 24.9 Å². The summed E-state index contributed by atoms with van der Waals surface area (Å²) in [5.41, 5.74) is 4.98. The number of hydrogen-bond donors (Lipinski definition) is 2. The summed E-state index contributed by atoms with van der Waals surface area (Å²) in [6.07, 6.45) is 1.98. The summed E-state index contributed by atoms with van der Waals surface area (Å²) in [6.45, 7) is 5.86. The topological polar surface area (TPSA) is 73.5 Å². The van der Waals surface area contributed by atoms with Crippen molar-refractivity contribution in [3.8, 4) is 11.3 Å². The molecule has 0 radical (unpaired) electrons. The van der Waals surface area contributed by atoms with Gasteiger partial charge in [-0.1, -0.05) is 30.3 Å². The molecule has 3 aliphatic rings. The summed E-state index contributed by atoms with van der Waals surface area (Å²) in [5, 5.41) is 11.7. The number of nitrogens with one attached hydrogen (secondary N) is 2. The molecule has 7 rings (SSSR count). The number of amides is 1. The summed E-state index contributed by atoms with van der Waals surface area (Å²) < 4.78 is 19.9. The number of H-pyrrole nitrogens is 1. The van der Waals surface area contributed by atoms with Crippen LogP contribution >= 0.6 is 0 Å². The van der Waals surface area contributed by atoms with Crippen LogP contribution < -0.4 is 10.2 Å². The van der Waals surface area contributed by atoms with E-state index < -0.39 is 0 Å². The molecule has 0 bridgehead atoms. The Bertz CT molecular complexity index is 1490. The van der Waals surface area contributed by atoms with Crippen LogP contribution in [0.4, 0.5) is 10.1 Å². The quantitative estimate of drug-likeness (QED) is 0.364. The lowest BCUT2D eigenvalue weighted by Crippen LogP contribution is -2.56. The van der Waals surface area contributed by atoms with Crippen LogP contribution in [-0.2, 0) is 4.74 Å². The monoisotopic (exact) mass is 525 g/mol. The Morgan fingerprint density at radius 1 is 1.00 bits per heavy atom. The van der Waals surface area contributed by atoms with Gasteiger partial charge in [0.25, 0.3) is 5.91 Å². The van der Waals surface area contributed by atoms with Gasteiger partial charge in [-0.2, -0.15) is 5.10 Å². The van der Waals surface area contributed by atoms with Gasteiger partial charge in [-0.25, -0.2) is 4.39 Å². The second kappa shape index (κ2) is 10.1. The molecule has 3 heterocycles. The molecular formula is C31H32FN5O2. The number of anilines is 1. The molecule has 1 aliphatic carbocycles.